The van der Waals surface area contributed by atoms with Crippen LogP contribution < -0.4 is 0 Å². The third-order valence-corrected chi connectivity index (χ3v) is 4.77. The van der Waals surface area contributed by atoms with Crippen molar-refractivity contribution in [2.75, 3.05) is 11.5 Å². The minimum absolute atomic E-state index is 0.184. The summed E-state index contributed by atoms with van der Waals surface area (Å²) in [4.78, 5) is 0.300. The van der Waals surface area contributed by atoms with Gasteiger partial charge in [-0.1, -0.05) is 33.2 Å². The molecule has 0 aliphatic carbocycles. The van der Waals surface area contributed by atoms with Gasteiger partial charge in [0.15, 0.2) is 9.84 Å². The molecule has 1 unspecified atom stereocenters. The van der Waals surface area contributed by atoms with Gasteiger partial charge in [0.25, 0.3) is 0 Å². The summed E-state index contributed by atoms with van der Waals surface area (Å²) in [6.45, 7) is 5.36. The van der Waals surface area contributed by atoms with Gasteiger partial charge in [-0.2, -0.15) is 0 Å². The van der Waals surface area contributed by atoms with Crippen molar-refractivity contribution >= 4 is 29.7 Å². The molecule has 0 rings (SSSR count). The van der Waals surface area contributed by atoms with E-state index in [1.807, 2.05) is 6.92 Å². The molecule has 0 amide bonds. The second-order valence-corrected chi connectivity index (χ2v) is 6.69. The Labute approximate surface area is 98.8 Å². The summed E-state index contributed by atoms with van der Waals surface area (Å²) in [5, 5.41) is 0. The Morgan fingerprint density at radius 3 is 2.67 bits per heavy atom. The molecule has 0 aliphatic heterocycles. The maximum absolute atomic E-state index is 11.8. The molecule has 0 aromatic rings. The highest BCUT2D eigenvalue weighted by molar-refractivity contribution is 8.43. The molecule has 0 saturated carbocycles. The Kier molecular flexibility index (Phi) is 8.12. The van der Waals surface area contributed by atoms with E-state index in [1.54, 1.807) is 29.6 Å². The number of rotatable bonds is 7. The van der Waals surface area contributed by atoms with Crippen molar-refractivity contribution in [2.24, 2.45) is 0 Å². The number of hydrogen-bond donors (Lipinski definition) is 0. The Balaban J connectivity index is 4.60. The van der Waals surface area contributed by atoms with Crippen LogP contribution >= 0.6 is 19.8 Å². The van der Waals surface area contributed by atoms with Gasteiger partial charge in [-0.25, -0.2) is 8.42 Å². The third kappa shape index (κ3) is 6.18. The van der Waals surface area contributed by atoms with Crippen LogP contribution in [-0.2, 0) is 9.84 Å². The zero-order chi connectivity index (χ0) is 11.7. The number of sulfone groups is 1. The van der Waals surface area contributed by atoms with Gasteiger partial charge in [-0.3, -0.25) is 0 Å². The molecular formula is C10H17O2PS2. The number of allylic oxidation sites excluding steroid dienone is 4. The van der Waals surface area contributed by atoms with Crippen molar-refractivity contribution in [1.82, 2.24) is 0 Å². The summed E-state index contributed by atoms with van der Waals surface area (Å²) >= 11 is 1.57. The highest BCUT2D eigenvalue weighted by Gasteiger charge is 2.13. The van der Waals surface area contributed by atoms with Crippen LogP contribution in [0.5, 0.6) is 0 Å². The van der Waals surface area contributed by atoms with Crippen LogP contribution in [0.2, 0.25) is 0 Å². The highest BCUT2D eigenvalue weighted by atomic mass is 32.7. The normalized spacial score (nSPS) is 13.3. The maximum atomic E-state index is 11.8. The smallest absolute Gasteiger partial charge is 0.178 e. The molecule has 86 valence electrons. The van der Waals surface area contributed by atoms with Gasteiger partial charge in [0.05, 0.1) is 10.7 Å². The van der Waals surface area contributed by atoms with Crippen LogP contribution in [0.15, 0.2) is 35.8 Å². The summed E-state index contributed by atoms with van der Waals surface area (Å²) in [7, 11) is -0.636. The van der Waals surface area contributed by atoms with Gasteiger partial charge >= 0.3 is 0 Å². The van der Waals surface area contributed by atoms with E-state index in [0.29, 0.717) is 11.3 Å². The lowest BCUT2D eigenvalue weighted by Gasteiger charge is -2.03. The molecule has 0 aromatic carbocycles. The standard InChI is InChI=1S/C10H17O2PS2/c1-3-5-7-10(4-2)15(11,12)9-6-8-14-13/h3-5,7H,2,6,8-9,13H2,1H3/b5-3-,10-7+. The summed E-state index contributed by atoms with van der Waals surface area (Å²) in [6.07, 6.45) is 7.13. The molecule has 15 heavy (non-hydrogen) atoms. The molecular weight excluding hydrogens is 247 g/mol. The molecule has 0 saturated heterocycles. The third-order valence-electron chi connectivity index (χ3n) is 1.69. The lowest BCUT2D eigenvalue weighted by atomic mass is 10.4. The van der Waals surface area contributed by atoms with E-state index in [1.165, 1.54) is 6.08 Å². The summed E-state index contributed by atoms with van der Waals surface area (Å²) < 4.78 is 23.5. The fraction of sp³-hybridized carbons (Fsp3) is 0.400. The van der Waals surface area contributed by atoms with Gasteiger partial charge in [-0.15, -0.1) is 11.4 Å². The van der Waals surface area contributed by atoms with E-state index in [2.05, 4.69) is 15.0 Å². The van der Waals surface area contributed by atoms with Crippen molar-refractivity contribution in [2.45, 2.75) is 13.3 Å². The van der Waals surface area contributed by atoms with Crippen LogP contribution in [0, 0.1) is 0 Å². The largest absolute Gasteiger partial charge is 0.224 e. The van der Waals surface area contributed by atoms with Crippen LogP contribution in [0.1, 0.15) is 13.3 Å². The van der Waals surface area contributed by atoms with Crippen molar-refractivity contribution in [3.05, 3.63) is 35.8 Å². The molecule has 0 spiro atoms. The monoisotopic (exact) mass is 264 g/mol. The first-order chi connectivity index (χ1) is 7.08. The van der Waals surface area contributed by atoms with Crippen LogP contribution in [0.4, 0.5) is 0 Å². The van der Waals surface area contributed by atoms with E-state index >= 15 is 0 Å². The zero-order valence-corrected chi connectivity index (χ0v) is 11.6. The average molecular weight is 264 g/mol. The van der Waals surface area contributed by atoms with Crippen LogP contribution in [0.3, 0.4) is 0 Å². The first-order valence-electron chi connectivity index (χ1n) is 4.58. The van der Waals surface area contributed by atoms with Crippen LogP contribution in [-0.4, -0.2) is 19.9 Å². The second kappa shape index (κ2) is 8.14. The molecule has 0 bridgehead atoms. The van der Waals surface area contributed by atoms with Crippen molar-refractivity contribution in [3.63, 3.8) is 0 Å². The summed E-state index contributed by atoms with van der Waals surface area (Å²) in [5.74, 6) is 1.02. The molecule has 0 radical (unpaired) electrons. The first kappa shape index (κ1) is 14.9. The molecule has 2 nitrogen and oxygen atoms in total. The van der Waals surface area contributed by atoms with E-state index in [9.17, 15) is 8.42 Å². The second-order valence-electron chi connectivity index (χ2n) is 2.84. The predicted molar refractivity (Wildman–Crippen MR) is 73.7 cm³/mol. The van der Waals surface area contributed by atoms with Gasteiger partial charge in [0.2, 0.25) is 0 Å². The molecule has 0 N–H and O–H groups in total. The lowest BCUT2D eigenvalue weighted by molar-refractivity contribution is 0.602. The lowest BCUT2D eigenvalue weighted by Crippen LogP contribution is -2.08. The van der Waals surface area contributed by atoms with Crippen molar-refractivity contribution < 1.29 is 8.42 Å². The van der Waals surface area contributed by atoms with E-state index in [0.717, 1.165) is 5.75 Å². The minimum atomic E-state index is -3.15. The SMILES string of the molecule is C=C/C(=C\C=C/C)S(=O)(=O)CCCSP. The van der Waals surface area contributed by atoms with Gasteiger partial charge < -0.3 is 0 Å². The maximum Gasteiger partial charge on any atom is 0.178 e. The Morgan fingerprint density at radius 2 is 2.20 bits per heavy atom. The van der Waals surface area contributed by atoms with Gasteiger partial charge in [0.1, 0.15) is 0 Å². The van der Waals surface area contributed by atoms with Gasteiger partial charge in [-0.05, 0) is 25.2 Å². The molecule has 0 heterocycles. The summed E-state index contributed by atoms with van der Waals surface area (Å²) in [5.41, 5.74) is 0. The van der Waals surface area contributed by atoms with E-state index < -0.39 is 9.84 Å². The minimum Gasteiger partial charge on any atom is -0.224 e. The van der Waals surface area contributed by atoms with Crippen molar-refractivity contribution in [1.29, 1.82) is 0 Å². The first-order valence-corrected chi connectivity index (χ1v) is 8.70. The van der Waals surface area contributed by atoms with Crippen LogP contribution in [0.25, 0.3) is 0 Å². The molecule has 0 fully saturated rings. The number of hydrogen-bond acceptors (Lipinski definition) is 3. The zero-order valence-electron chi connectivity index (χ0n) is 8.85. The molecule has 0 aromatic heterocycles. The van der Waals surface area contributed by atoms with Gasteiger partial charge in [0, 0.05) is 0 Å². The molecule has 5 heteroatoms. The topological polar surface area (TPSA) is 34.1 Å². The van der Waals surface area contributed by atoms with E-state index in [4.69, 9.17) is 0 Å². The fourth-order valence-corrected chi connectivity index (χ4v) is 3.23. The quantitative estimate of drug-likeness (QED) is 0.403. The van der Waals surface area contributed by atoms with Crippen molar-refractivity contribution in [3.8, 4) is 0 Å². The summed E-state index contributed by atoms with van der Waals surface area (Å²) in [6, 6.07) is 0. The predicted octanol–water partition coefficient (Wildman–Crippen LogP) is 2.96. The fourth-order valence-electron chi connectivity index (χ4n) is 0.940. The molecule has 0 aliphatic rings. The Hall–Kier alpha value is -0.0500. The average Bonchev–Trinajstić information content (AvgIpc) is 2.19. The molecule has 1 atom stereocenters. The highest BCUT2D eigenvalue weighted by Crippen LogP contribution is 2.15. The van der Waals surface area contributed by atoms with E-state index in [-0.39, 0.29) is 5.75 Å². The Morgan fingerprint density at radius 1 is 1.53 bits per heavy atom. The Bertz CT molecular complexity index is 342.